The standard InChI is InChI=1S/C14H25ClN2O2/c1-2-19-13-9-12(10-13)11-14(18)17-7-5-16(4-3-15)6-8-17/h12-13H,2-11H2,1H3. The first kappa shape index (κ1) is 15.1. The van der Waals surface area contributed by atoms with E-state index in [4.69, 9.17) is 16.3 Å². The molecule has 2 rings (SSSR count). The number of carbonyl (C=O) groups excluding carboxylic acids is 1. The predicted molar refractivity (Wildman–Crippen MR) is 76.5 cm³/mol. The molecule has 2 aliphatic rings. The van der Waals surface area contributed by atoms with Crippen molar-refractivity contribution in [1.29, 1.82) is 0 Å². The first-order valence-electron chi connectivity index (χ1n) is 7.40. The van der Waals surface area contributed by atoms with Crippen molar-refractivity contribution >= 4 is 17.5 Å². The first-order valence-corrected chi connectivity index (χ1v) is 7.94. The summed E-state index contributed by atoms with van der Waals surface area (Å²) in [6, 6.07) is 0. The van der Waals surface area contributed by atoms with Crippen molar-refractivity contribution in [2.45, 2.75) is 32.3 Å². The lowest BCUT2D eigenvalue weighted by molar-refractivity contribution is -0.136. The van der Waals surface area contributed by atoms with Gasteiger partial charge in [0.1, 0.15) is 0 Å². The molecule has 1 amide bonds. The van der Waals surface area contributed by atoms with E-state index >= 15 is 0 Å². The fourth-order valence-electron chi connectivity index (χ4n) is 2.93. The van der Waals surface area contributed by atoms with Gasteiger partial charge in [0.05, 0.1) is 6.10 Å². The molecule has 1 saturated heterocycles. The van der Waals surface area contributed by atoms with E-state index in [0.717, 1.165) is 52.2 Å². The van der Waals surface area contributed by atoms with Gasteiger partial charge in [-0.05, 0) is 25.7 Å². The highest BCUT2D eigenvalue weighted by Gasteiger charge is 2.32. The normalized spacial score (nSPS) is 28.2. The summed E-state index contributed by atoms with van der Waals surface area (Å²) in [6.07, 6.45) is 3.24. The van der Waals surface area contributed by atoms with Crippen LogP contribution in [0.1, 0.15) is 26.2 Å². The van der Waals surface area contributed by atoms with Crippen LogP contribution in [0.5, 0.6) is 0 Å². The van der Waals surface area contributed by atoms with Crippen molar-refractivity contribution in [3.8, 4) is 0 Å². The van der Waals surface area contributed by atoms with E-state index in [1.165, 1.54) is 0 Å². The third kappa shape index (κ3) is 4.33. The van der Waals surface area contributed by atoms with Gasteiger partial charge < -0.3 is 9.64 Å². The number of hydrogen-bond acceptors (Lipinski definition) is 3. The highest BCUT2D eigenvalue weighted by Crippen LogP contribution is 2.33. The number of piperazine rings is 1. The van der Waals surface area contributed by atoms with Gasteiger partial charge in [0.25, 0.3) is 0 Å². The summed E-state index contributed by atoms with van der Waals surface area (Å²) < 4.78 is 5.53. The molecule has 0 aromatic heterocycles. The molecule has 2 fully saturated rings. The molecule has 1 aliphatic carbocycles. The Hall–Kier alpha value is -0.320. The number of hydrogen-bond donors (Lipinski definition) is 0. The summed E-state index contributed by atoms with van der Waals surface area (Å²) in [5.41, 5.74) is 0. The van der Waals surface area contributed by atoms with Crippen LogP contribution in [-0.4, -0.2) is 67.0 Å². The Labute approximate surface area is 121 Å². The Morgan fingerprint density at radius 3 is 2.53 bits per heavy atom. The van der Waals surface area contributed by atoms with Crippen LogP contribution in [0.15, 0.2) is 0 Å². The molecule has 0 atom stereocenters. The van der Waals surface area contributed by atoms with Crippen molar-refractivity contribution in [2.75, 3.05) is 45.2 Å². The monoisotopic (exact) mass is 288 g/mol. The maximum Gasteiger partial charge on any atom is 0.222 e. The second-order valence-electron chi connectivity index (χ2n) is 5.53. The molecule has 0 unspecified atom stereocenters. The van der Waals surface area contributed by atoms with Gasteiger partial charge >= 0.3 is 0 Å². The molecule has 19 heavy (non-hydrogen) atoms. The van der Waals surface area contributed by atoms with E-state index in [1.807, 2.05) is 11.8 Å². The van der Waals surface area contributed by atoms with Crippen molar-refractivity contribution < 1.29 is 9.53 Å². The number of rotatable bonds is 6. The molecule has 1 aliphatic heterocycles. The van der Waals surface area contributed by atoms with Crippen LogP contribution in [0.25, 0.3) is 0 Å². The van der Waals surface area contributed by atoms with Gasteiger partial charge in [0.2, 0.25) is 5.91 Å². The molecule has 0 spiro atoms. The highest BCUT2D eigenvalue weighted by atomic mass is 35.5. The number of alkyl halides is 1. The van der Waals surface area contributed by atoms with Gasteiger partial charge in [-0.15, -0.1) is 11.6 Å². The fraction of sp³-hybridized carbons (Fsp3) is 0.929. The molecular weight excluding hydrogens is 264 g/mol. The second-order valence-corrected chi connectivity index (χ2v) is 5.91. The Bertz CT molecular complexity index is 287. The van der Waals surface area contributed by atoms with Crippen LogP contribution in [0.2, 0.25) is 0 Å². The summed E-state index contributed by atoms with van der Waals surface area (Å²) in [4.78, 5) is 16.5. The smallest absolute Gasteiger partial charge is 0.222 e. The SMILES string of the molecule is CCOC1CC(CC(=O)N2CCN(CCCl)CC2)C1. The van der Waals surface area contributed by atoms with E-state index in [2.05, 4.69) is 4.90 Å². The lowest BCUT2D eigenvalue weighted by atomic mass is 9.79. The number of halogens is 1. The van der Waals surface area contributed by atoms with Crippen molar-refractivity contribution in [1.82, 2.24) is 9.80 Å². The van der Waals surface area contributed by atoms with Gasteiger partial charge in [-0.2, -0.15) is 0 Å². The second kappa shape index (κ2) is 7.46. The summed E-state index contributed by atoms with van der Waals surface area (Å²) in [7, 11) is 0. The molecular formula is C14H25ClN2O2. The molecule has 0 N–H and O–H groups in total. The van der Waals surface area contributed by atoms with Crippen LogP contribution in [0.3, 0.4) is 0 Å². The van der Waals surface area contributed by atoms with Gasteiger partial charge in [-0.3, -0.25) is 9.69 Å². The third-order valence-corrected chi connectivity index (χ3v) is 4.35. The molecule has 110 valence electrons. The number of amides is 1. The molecule has 1 heterocycles. The molecule has 1 saturated carbocycles. The molecule has 0 aromatic rings. The van der Waals surface area contributed by atoms with Gasteiger partial charge in [0, 0.05) is 51.6 Å². The van der Waals surface area contributed by atoms with Gasteiger partial charge in [-0.1, -0.05) is 0 Å². The van der Waals surface area contributed by atoms with Gasteiger partial charge in [0.15, 0.2) is 0 Å². The summed E-state index contributed by atoms with van der Waals surface area (Å²) in [5, 5.41) is 0. The third-order valence-electron chi connectivity index (χ3n) is 4.18. The quantitative estimate of drug-likeness (QED) is 0.696. The number of ether oxygens (including phenoxy) is 1. The zero-order chi connectivity index (χ0) is 13.7. The lowest BCUT2D eigenvalue weighted by Crippen LogP contribution is -2.49. The van der Waals surface area contributed by atoms with E-state index < -0.39 is 0 Å². The zero-order valence-corrected chi connectivity index (χ0v) is 12.6. The predicted octanol–water partition coefficient (Wildman–Crippen LogP) is 1.57. The Kier molecular flexibility index (Phi) is 5.92. The minimum atomic E-state index is 0.325. The number of nitrogens with zero attached hydrogens (tertiary/aromatic N) is 2. The first-order chi connectivity index (χ1) is 9.22. The summed E-state index contributed by atoms with van der Waals surface area (Å²) >= 11 is 5.73. The van der Waals surface area contributed by atoms with Gasteiger partial charge in [-0.25, -0.2) is 0 Å². The Morgan fingerprint density at radius 1 is 1.26 bits per heavy atom. The minimum absolute atomic E-state index is 0.325. The molecule has 0 bridgehead atoms. The highest BCUT2D eigenvalue weighted by molar-refractivity contribution is 6.18. The average molecular weight is 289 g/mol. The molecule has 4 nitrogen and oxygen atoms in total. The molecule has 0 aromatic carbocycles. The fourth-order valence-corrected chi connectivity index (χ4v) is 3.17. The zero-order valence-electron chi connectivity index (χ0n) is 11.8. The van der Waals surface area contributed by atoms with E-state index in [0.29, 0.717) is 30.2 Å². The topological polar surface area (TPSA) is 32.8 Å². The van der Waals surface area contributed by atoms with E-state index in [-0.39, 0.29) is 0 Å². The van der Waals surface area contributed by atoms with Crippen molar-refractivity contribution in [3.05, 3.63) is 0 Å². The average Bonchev–Trinajstić information content (AvgIpc) is 2.37. The van der Waals surface area contributed by atoms with E-state index in [9.17, 15) is 4.79 Å². The van der Waals surface area contributed by atoms with Crippen LogP contribution in [-0.2, 0) is 9.53 Å². The number of carbonyl (C=O) groups is 1. The Morgan fingerprint density at radius 2 is 1.95 bits per heavy atom. The summed E-state index contributed by atoms with van der Waals surface area (Å²) in [6.45, 7) is 7.39. The van der Waals surface area contributed by atoms with E-state index in [1.54, 1.807) is 0 Å². The molecule has 5 heteroatoms. The van der Waals surface area contributed by atoms with Crippen LogP contribution < -0.4 is 0 Å². The van der Waals surface area contributed by atoms with Crippen LogP contribution >= 0.6 is 11.6 Å². The minimum Gasteiger partial charge on any atom is -0.378 e. The Balaban J connectivity index is 1.63. The maximum absolute atomic E-state index is 12.2. The lowest BCUT2D eigenvalue weighted by Gasteiger charge is -2.38. The van der Waals surface area contributed by atoms with Crippen LogP contribution in [0.4, 0.5) is 0 Å². The molecule has 0 radical (unpaired) electrons. The summed E-state index contributed by atoms with van der Waals surface area (Å²) in [5.74, 6) is 1.55. The van der Waals surface area contributed by atoms with Crippen LogP contribution in [0, 0.1) is 5.92 Å². The van der Waals surface area contributed by atoms with Crippen molar-refractivity contribution in [2.24, 2.45) is 5.92 Å². The maximum atomic E-state index is 12.2. The van der Waals surface area contributed by atoms with Crippen molar-refractivity contribution in [3.63, 3.8) is 0 Å². The largest absolute Gasteiger partial charge is 0.378 e.